The van der Waals surface area contributed by atoms with Gasteiger partial charge in [0.1, 0.15) is 0 Å². The number of benzene rings is 4. The minimum atomic E-state index is -2.77. The van der Waals surface area contributed by atoms with Crippen molar-refractivity contribution in [1.82, 2.24) is 0 Å². The van der Waals surface area contributed by atoms with Crippen LogP contribution >= 0.6 is 14.3 Å². The van der Waals surface area contributed by atoms with Crippen molar-refractivity contribution < 1.29 is 9.13 Å². The summed E-state index contributed by atoms with van der Waals surface area (Å²) in [4.78, 5) is 0. The van der Waals surface area contributed by atoms with Gasteiger partial charge in [-0.05, 0) is 0 Å². The minimum absolute atomic E-state index is 0.708. The Labute approximate surface area is 227 Å². The summed E-state index contributed by atoms with van der Waals surface area (Å²) in [5.41, 5.74) is 0. The summed E-state index contributed by atoms with van der Waals surface area (Å²) in [5, 5.41) is 3.81. The van der Waals surface area contributed by atoms with Crippen LogP contribution in [0, 0.1) is 0 Å². The molecule has 0 aromatic heterocycles. The second kappa shape index (κ2) is 12.8. The molecule has 4 aromatic rings. The summed E-state index contributed by atoms with van der Waals surface area (Å²) in [5.74, 6) is 0. The van der Waals surface area contributed by atoms with Crippen LogP contribution in [-0.4, -0.2) is 30.7 Å². The number of rotatable bonds is 12. The molecule has 37 heavy (non-hydrogen) atoms. The van der Waals surface area contributed by atoms with Crippen molar-refractivity contribution in [3.8, 4) is 0 Å². The van der Waals surface area contributed by atoms with Gasteiger partial charge in [0.25, 0.3) is 0 Å². The molecule has 0 N–H and O–H groups in total. The topological polar surface area (TPSA) is 34.1 Å². The molecule has 0 spiro atoms. The van der Waals surface area contributed by atoms with Crippen LogP contribution in [-0.2, 0) is 9.13 Å². The molecule has 0 aliphatic heterocycles. The van der Waals surface area contributed by atoms with Gasteiger partial charge in [-0.25, -0.2) is 0 Å². The predicted molar refractivity (Wildman–Crippen MR) is 166 cm³/mol. The molecule has 0 amide bonds. The Hall–Kier alpha value is -1.86. The van der Waals surface area contributed by atoms with Gasteiger partial charge >= 0.3 is 228 Å². The van der Waals surface area contributed by atoms with E-state index in [0.29, 0.717) is 12.3 Å². The fourth-order valence-electron chi connectivity index (χ4n) is 5.36. The molecular formula is C32H38O2P2Sn. The molecule has 192 valence electrons. The van der Waals surface area contributed by atoms with Crippen LogP contribution in [0.25, 0.3) is 0 Å². The third kappa shape index (κ3) is 6.42. The molecule has 0 aliphatic rings. The quantitative estimate of drug-likeness (QED) is 0.119. The van der Waals surface area contributed by atoms with Gasteiger partial charge in [0.15, 0.2) is 0 Å². The van der Waals surface area contributed by atoms with E-state index in [1.54, 1.807) is 0 Å². The molecule has 0 bridgehead atoms. The summed E-state index contributed by atoms with van der Waals surface area (Å²) in [7, 11) is -5.49. The van der Waals surface area contributed by atoms with E-state index in [1.807, 2.05) is 121 Å². The van der Waals surface area contributed by atoms with Gasteiger partial charge in [0.2, 0.25) is 0 Å². The molecular weight excluding hydrogens is 597 g/mol. The summed E-state index contributed by atoms with van der Waals surface area (Å²) >= 11 is -2.77. The van der Waals surface area contributed by atoms with Crippen LogP contribution in [0.5, 0.6) is 0 Å². The first-order valence-corrected chi connectivity index (χ1v) is 25.2. The molecule has 0 saturated carbocycles. The Morgan fingerprint density at radius 3 is 0.919 bits per heavy atom. The molecule has 4 rings (SSSR count). The van der Waals surface area contributed by atoms with Gasteiger partial charge in [-0.1, -0.05) is 0 Å². The van der Waals surface area contributed by atoms with E-state index in [4.69, 9.17) is 0 Å². The zero-order valence-electron chi connectivity index (χ0n) is 22.0. The first-order chi connectivity index (χ1) is 18.0. The molecule has 0 saturated heterocycles. The van der Waals surface area contributed by atoms with Gasteiger partial charge in [-0.3, -0.25) is 0 Å². The van der Waals surface area contributed by atoms with Crippen LogP contribution < -0.4 is 21.2 Å². The third-order valence-electron chi connectivity index (χ3n) is 8.11. The molecule has 4 aromatic carbocycles. The van der Waals surface area contributed by atoms with Gasteiger partial charge in [-0.2, -0.15) is 0 Å². The maximum atomic E-state index is 14.7. The fraction of sp³-hybridized carbons (Fsp3) is 0.250. The fourth-order valence-corrected chi connectivity index (χ4v) is 30.9. The van der Waals surface area contributed by atoms with Crippen LogP contribution in [0.15, 0.2) is 121 Å². The van der Waals surface area contributed by atoms with Gasteiger partial charge in [0.05, 0.1) is 0 Å². The molecule has 0 fully saturated rings. The molecule has 0 radical (unpaired) electrons. The van der Waals surface area contributed by atoms with E-state index in [2.05, 4.69) is 13.8 Å². The van der Waals surface area contributed by atoms with Crippen LogP contribution in [0.2, 0.25) is 17.7 Å². The van der Waals surface area contributed by atoms with E-state index >= 15 is 0 Å². The van der Waals surface area contributed by atoms with Crippen molar-refractivity contribution in [3.05, 3.63) is 121 Å². The maximum absolute atomic E-state index is 14.7. The van der Waals surface area contributed by atoms with Crippen molar-refractivity contribution in [1.29, 1.82) is 0 Å². The third-order valence-corrected chi connectivity index (χ3v) is 32.8. The predicted octanol–water partition coefficient (Wildman–Crippen LogP) is 7.50. The van der Waals surface area contributed by atoms with Crippen LogP contribution in [0.4, 0.5) is 0 Å². The zero-order valence-corrected chi connectivity index (χ0v) is 26.6. The van der Waals surface area contributed by atoms with Crippen molar-refractivity contribution in [3.63, 3.8) is 0 Å². The SMILES string of the molecule is C[CH2][Sn]([CH2]C)([CH2]CP(=O)(c1ccccc1)c1ccccc1)[CH2]CP(=O)(c1ccccc1)c1ccccc1. The van der Waals surface area contributed by atoms with Crippen molar-refractivity contribution in [2.75, 3.05) is 12.3 Å². The summed E-state index contributed by atoms with van der Waals surface area (Å²) in [6.07, 6.45) is 1.42. The first kappa shape index (κ1) is 28.2. The Kier molecular flexibility index (Phi) is 9.73. The van der Waals surface area contributed by atoms with E-state index in [0.717, 1.165) is 30.1 Å². The average molecular weight is 635 g/mol. The van der Waals surface area contributed by atoms with Gasteiger partial charge in [-0.15, -0.1) is 0 Å². The summed E-state index contributed by atoms with van der Waals surface area (Å²) in [6, 6.07) is 40.2. The molecule has 0 atom stereocenters. The van der Waals surface area contributed by atoms with Crippen molar-refractivity contribution >= 4 is 53.9 Å². The van der Waals surface area contributed by atoms with E-state index < -0.39 is 32.7 Å². The second-order valence-electron chi connectivity index (χ2n) is 9.98. The van der Waals surface area contributed by atoms with Crippen molar-refractivity contribution in [2.45, 2.75) is 31.6 Å². The van der Waals surface area contributed by atoms with Crippen LogP contribution in [0.3, 0.4) is 0 Å². The molecule has 2 nitrogen and oxygen atoms in total. The van der Waals surface area contributed by atoms with Gasteiger partial charge < -0.3 is 0 Å². The monoisotopic (exact) mass is 636 g/mol. The molecule has 5 heteroatoms. The van der Waals surface area contributed by atoms with Crippen molar-refractivity contribution in [2.24, 2.45) is 0 Å². The molecule has 0 aliphatic carbocycles. The molecule has 0 unspecified atom stereocenters. The summed E-state index contributed by atoms with van der Waals surface area (Å²) < 4.78 is 33.9. The normalized spacial score (nSPS) is 12.4. The van der Waals surface area contributed by atoms with E-state index in [9.17, 15) is 9.13 Å². The Morgan fingerprint density at radius 1 is 0.459 bits per heavy atom. The van der Waals surface area contributed by atoms with Crippen LogP contribution in [0.1, 0.15) is 13.8 Å². The summed E-state index contributed by atoms with van der Waals surface area (Å²) in [6.45, 7) is 4.65. The average Bonchev–Trinajstić information content (AvgIpc) is 2.99. The Morgan fingerprint density at radius 2 is 0.703 bits per heavy atom. The Balaban J connectivity index is 1.64. The first-order valence-electron chi connectivity index (χ1n) is 13.4. The standard InChI is InChI=1S/2C14H14OP.2C2H5.Sn/c2*1-2-16(15,13-9-5-3-6-10-13)14-11-7-4-8-12-14;2*1-2;/h2*3-12H,1-2H2;2*1H2,2H3;. The van der Waals surface area contributed by atoms with E-state index in [-0.39, 0.29) is 0 Å². The second-order valence-corrected chi connectivity index (χ2v) is 31.3. The van der Waals surface area contributed by atoms with E-state index in [1.165, 1.54) is 8.87 Å². The Bertz CT molecular complexity index is 1150. The molecule has 0 heterocycles. The number of hydrogen-bond donors (Lipinski definition) is 0. The number of hydrogen-bond acceptors (Lipinski definition) is 2. The van der Waals surface area contributed by atoms with Gasteiger partial charge in [0, 0.05) is 0 Å². The zero-order chi connectivity index (χ0) is 26.2.